The summed E-state index contributed by atoms with van der Waals surface area (Å²) in [6.07, 6.45) is 6.00. The number of hydrogen-bond acceptors (Lipinski definition) is 2. The number of rotatable bonds is 4. The maximum Gasteiger partial charge on any atom is 0.307 e. The van der Waals surface area contributed by atoms with Crippen LogP contribution in [0.25, 0.3) is 0 Å². The molecule has 0 aliphatic heterocycles. The fraction of sp³-hybridized carbons (Fsp3) is 0.474. The zero-order chi connectivity index (χ0) is 17.0. The van der Waals surface area contributed by atoms with Crippen LogP contribution < -0.4 is 5.32 Å². The van der Waals surface area contributed by atoms with Gasteiger partial charge in [-0.1, -0.05) is 35.0 Å². The molecule has 5 rings (SSSR count). The Bertz CT molecular complexity index is 744. The average Bonchev–Trinajstić information content (AvgIpc) is 3.37. The molecule has 4 nitrogen and oxygen atoms in total. The van der Waals surface area contributed by atoms with E-state index in [2.05, 4.69) is 27.3 Å². The van der Waals surface area contributed by atoms with E-state index in [4.69, 9.17) is 0 Å². The molecule has 4 aliphatic carbocycles. The van der Waals surface area contributed by atoms with Gasteiger partial charge in [-0.25, -0.2) is 0 Å². The maximum absolute atomic E-state index is 13.0. The van der Waals surface area contributed by atoms with E-state index >= 15 is 0 Å². The molecule has 126 valence electrons. The molecule has 2 saturated carbocycles. The third kappa shape index (κ3) is 2.41. The summed E-state index contributed by atoms with van der Waals surface area (Å²) < 4.78 is 0.973. The third-order valence-electron chi connectivity index (χ3n) is 5.95. The van der Waals surface area contributed by atoms with Gasteiger partial charge < -0.3 is 10.4 Å². The molecule has 1 aromatic rings. The topological polar surface area (TPSA) is 66.4 Å². The van der Waals surface area contributed by atoms with Gasteiger partial charge in [0.1, 0.15) is 0 Å². The van der Waals surface area contributed by atoms with Crippen molar-refractivity contribution in [1.82, 2.24) is 0 Å². The van der Waals surface area contributed by atoms with Gasteiger partial charge in [-0.2, -0.15) is 0 Å². The van der Waals surface area contributed by atoms with Gasteiger partial charge in [0, 0.05) is 10.2 Å². The molecule has 24 heavy (non-hydrogen) atoms. The van der Waals surface area contributed by atoms with E-state index in [1.165, 1.54) is 0 Å². The number of fused-ring (bicyclic) bond motifs is 1. The first-order chi connectivity index (χ1) is 11.5. The summed E-state index contributed by atoms with van der Waals surface area (Å²) in [6, 6.07) is 5.77. The number of aliphatic carboxylic acids is 1. The Morgan fingerprint density at radius 3 is 2.50 bits per heavy atom. The van der Waals surface area contributed by atoms with Gasteiger partial charge in [-0.05, 0) is 60.3 Å². The number of amides is 1. The highest BCUT2D eigenvalue weighted by atomic mass is 79.9. The summed E-state index contributed by atoms with van der Waals surface area (Å²) in [5.41, 5.74) is 1.83. The van der Waals surface area contributed by atoms with Gasteiger partial charge >= 0.3 is 5.97 Å². The molecule has 2 fully saturated rings. The summed E-state index contributed by atoms with van der Waals surface area (Å²) in [4.78, 5) is 24.8. The lowest BCUT2D eigenvalue weighted by molar-refractivity contribution is -0.152. The molecule has 2 bridgehead atoms. The van der Waals surface area contributed by atoms with Gasteiger partial charge in [0.15, 0.2) is 0 Å². The number of carboxylic acids is 1. The number of carbonyl (C=O) groups excluding carboxylic acids is 1. The smallest absolute Gasteiger partial charge is 0.307 e. The Hall–Kier alpha value is -1.62. The van der Waals surface area contributed by atoms with Crippen molar-refractivity contribution in [3.63, 3.8) is 0 Å². The van der Waals surface area contributed by atoms with Crippen LogP contribution in [0, 0.1) is 35.5 Å². The summed E-state index contributed by atoms with van der Waals surface area (Å²) in [5.74, 6) is -0.981. The van der Waals surface area contributed by atoms with E-state index in [-0.39, 0.29) is 17.7 Å². The molecule has 0 heterocycles. The molecule has 2 N–H and O–H groups in total. The number of nitrogens with one attached hydrogen (secondary N) is 1. The van der Waals surface area contributed by atoms with Crippen LogP contribution in [0.2, 0.25) is 0 Å². The zero-order valence-corrected chi connectivity index (χ0v) is 15.0. The number of benzene rings is 1. The number of carboxylic acid groups (broad SMARTS) is 1. The quantitative estimate of drug-likeness (QED) is 0.771. The first kappa shape index (κ1) is 15.9. The minimum atomic E-state index is -0.841. The monoisotopic (exact) mass is 389 g/mol. The third-order valence-corrected chi connectivity index (χ3v) is 6.44. The van der Waals surface area contributed by atoms with Gasteiger partial charge in [0.2, 0.25) is 5.91 Å². The molecule has 1 aromatic carbocycles. The van der Waals surface area contributed by atoms with Crippen molar-refractivity contribution >= 4 is 33.5 Å². The summed E-state index contributed by atoms with van der Waals surface area (Å²) in [5, 5.41) is 12.7. The molecule has 0 radical (unpaired) electrons. The van der Waals surface area contributed by atoms with Crippen molar-refractivity contribution in [2.24, 2.45) is 35.5 Å². The number of anilines is 1. The maximum atomic E-state index is 13.0. The SMILES string of the molecule is CCc1cc(Br)ccc1NC(=O)[C@@H]1[C@@H]2C=C[C@@H]([C@@H]3C[C@H]23)[C@@H]1C(=O)O. The van der Waals surface area contributed by atoms with Gasteiger partial charge in [0.05, 0.1) is 11.8 Å². The van der Waals surface area contributed by atoms with Crippen LogP contribution in [-0.2, 0) is 16.0 Å². The van der Waals surface area contributed by atoms with E-state index in [1.54, 1.807) is 0 Å². The van der Waals surface area contributed by atoms with E-state index < -0.39 is 17.8 Å². The van der Waals surface area contributed by atoms with Crippen LogP contribution >= 0.6 is 15.9 Å². The van der Waals surface area contributed by atoms with Crippen molar-refractivity contribution in [3.8, 4) is 0 Å². The number of allylic oxidation sites excluding steroid dienone is 2. The summed E-state index contributed by atoms with van der Waals surface area (Å²) in [6.45, 7) is 2.04. The normalized spacial score (nSPS) is 35.4. The van der Waals surface area contributed by atoms with Crippen LogP contribution in [0.5, 0.6) is 0 Å². The lowest BCUT2D eigenvalue weighted by Crippen LogP contribution is -2.48. The highest BCUT2D eigenvalue weighted by Gasteiger charge is 2.62. The Morgan fingerprint density at radius 1 is 1.21 bits per heavy atom. The van der Waals surface area contributed by atoms with E-state index in [0.717, 1.165) is 28.6 Å². The van der Waals surface area contributed by atoms with Gasteiger partial charge in [0.25, 0.3) is 0 Å². The lowest BCUT2D eigenvalue weighted by Gasteiger charge is -2.41. The van der Waals surface area contributed by atoms with Crippen molar-refractivity contribution in [2.75, 3.05) is 5.32 Å². The standard InChI is InChI=1S/C19H20BrNO3/c1-2-9-7-10(20)3-6-15(9)21-18(22)16-11-4-5-12(14-8-13(11)14)17(16)19(23)24/h3-7,11-14,16-17H,2,8H2,1H3,(H,21,22)(H,23,24)/t11-,12+,13-,14+,16-,17+/m1/s1. The lowest BCUT2D eigenvalue weighted by atomic mass is 9.62. The molecule has 0 saturated heterocycles. The average molecular weight is 390 g/mol. The fourth-order valence-corrected chi connectivity index (χ4v) is 5.17. The van der Waals surface area contributed by atoms with E-state index in [0.29, 0.717) is 11.8 Å². The van der Waals surface area contributed by atoms with Crippen LogP contribution in [0.1, 0.15) is 18.9 Å². The zero-order valence-electron chi connectivity index (χ0n) is 13.4. The minimum absolute atomic E-state index is 0.0174. The first-order valence-electron chi connectivity index (χ1n) is 8.51. The molecular formula is C19H20BrNO3. The van der Waals surface area contributed by atoms with Crippen LogP contribution in [-0.4, -0.2) is 17.0 Å². The molecule has 1 amide bonds. The molecule has 6 atom stereocenters. The molecule has 0 aromatic heterocycles. The van der Waals surface area contributed by atoms with Crippen molar-refractivity contribution in [3.05, 3.63) is 40.4 Å². The Kier molecular flexibility index (Phi) is 3.79. The van der Waals surface area contributed by atoms with Crippen molar-refractivity contribution < 1.29 is 14.7 Å². The minimum Gasteiger partial charge on any atom is -0.481 e. The number of hydrogen-bond donors (Lipinski definition) is 2. The largest absolute Gasteiger partial charge is 0.481 e. The molecule has 5 heteroatoms. The molecular weight excluding hydrogens is 370 g/mol. The highest BCUT2D eigenvalue weighted by Crippen LogP contribution is 2.63. The summed E-state index contributed by atoms with van der Waals surface area (Å²) >= 11 is 3.45. The van der Waals surface area contributed by atoms with Crippen molar-refractivity contribution in [2.45, 2.75) is 19.8 Å². The Morgan fingerprint density at radius 2 is 1.88 bits per heavy atom. The predicted molar refractivity (Wildman–Crippen MR) is 94.5 cm³/mol. The number of aryl methyl sites for hydroxylation is 1. The van der Waals surface area contributed by atoms with E-state index in [9.17, 15) is 14.7 Å². The highest BCUT2D eigenvalue weighted by molar-refractivity contribution is 9.10. The number of halogens is 1. The number of carbonyl (C=O) groups is 2. The predicted octanol–water partition coefficient (Wildman–Crippen LogP) is 3.72. The molecule has 0 spiro atoms. The second-order valence-corrected chi connectivity index (χ2v) is 8.05. The summed E-state index contributed by atoms with van der Waals surface area (Å²) in [7, 11) is 0. The Balaban J connectivity index is 1.62. The van der Waals surface area contributed by atoms with Crippen LogP contribution in [0.4, 0.5) is 5.69 Å². The molecule has 4 aliphatic rings. The second-order valence-electron chi connectivity index (χ2n) is 7.14. The first-order valence-corrected chi connectivity index (χ1v) is 9.31. The van der Waals surface area contributed by atoms with Gasteiger partial charge in [-0.3, -0.25) is 9.59 Å². The van der Waals surface area contributed by atoms with E-state index in [1.807, 2.05) is 31.2 Å². The van der Waals surface area contributed by atoms with Crippen molar-refractivity contribution in [1.29, 1.82) is 0 Å². The second kappa shape index (κ2) is 5.73. The Labute approximate surface area is 149 Å². The van der Waals surface area contributed by atoms with Crippen LogP contribution in [0.3, 0.4) is 0 Å². The van der Waals surface area contributed by atoms with Crippen LogP contribution in [0.15, 0.2) is 34.8 Å². The van der Waals surface area contributed by atoms with Gasteiger partial charge in [-0.15, -0.1) is 0 Å². The molecule has 0 unspecified atom stereocenters. The fourth-order valence-electron chi connectivity index (χ4n) is 4.76.